The van der Waals surface area contributed by atoms with Crippen LogP contribution < -0.4 is 0 Å². The Morgan fingerprint density at radius 2 is 0.841 bits per heavy atom. The van der Waals surface area contributed by atoms with Crippen molar-refractivity contribution in [1.29, 1.82) is 0 Å². The van der Waals surface area contributed by atoms with Gasteiger partial charge in [0.25, 0.3) is 0 Å². The molecule has 1 saturated heterocycles. The SMILES string of the molecule is CCCCCCC/C=C\CCCCCCCC(=O)OCC(COC1OC(C(=O)O)C(O)C(O)C1O)OC(=O)CCCCCCCCCCCCCCCCCCCCCCCCC. The number of carboxylic acid groups (broad SMARTS) is 1. The highest BCUT2D eigenvalue weighted by molar-refractivity contribution is 5.73. The summed E-state index contributed by atoms with van der Waals surface area (Å²) in [7, 11) is 0. The van der Waals surface area contributed by atoms with Crippen LogP contribution in [-0.4, -0.2) is 88.4 Å². The summed E-state index contributed by atoms with van der Waals surface area (Å²) in [5.41, 5.74) is 0. The first-order valence-corrected chi connectivity index (χ1v) is 26.2. The van der Waals surface area contributed by atoms with Crippen LogP contribution in [0.3, 0.4) is 0 Å². The molecule has 0 spiro atoms. The summed E-state index contributed by atoms with van der Waals surface area (Å²) in [5, 5.41) is 39.9. The Morgan fingerprint density at radius 3 is 1.24 bits per heavy atom. The zero-order valence-electron chi connectivity index (χ0n) is 40.3. The predicted molar refractivity (Wildman–Crippen MR) is 252 cm³/mol. The summed E-state index contributed by atoms with van der Waals surface area (Å²) in [6, 6.07) is 0. The molecule has 1 rings (SSSR count). The largest absolute Gasteiger partial charge is 0.479 e. The highest BCUT2D eigenvalue weighted by Crippen LogP contribution is 2.23. The van der Waals surface area contributed by atoms with E-state index >= 15 is 0 Å². The Morgan fingerprint density at radius 1 is 0.476 bits per heavy atom. The monoisotopic (exact) mass is 897 g/mol. The van der Waals surface area contributed by atoms with Crippen molar-refractivity contribution < 1.29 is 53.8 Å². The number of aliphatic hydroxyl groups is 3. The van der Waals surface area contributed by atoms with Gasteiger partial charge in [0.05, 0.1) is 6.61 Å². The average Bonchev–Trinajstić information content (AvgIpc) is 3.27. The van der Waals surface area contributed by atoms with E-state index < -0.39 is 54.7 Å². The molecule has 11 heteroatoms. The van der Waals surface area contributed by atoms with E-state index in [4.69, 9.17) is 18.9 Å². The maximum Gasteiger partial charge on any atom is 0.335 e. The van der Waals surface area contributed by atoms with Crippen molar-refractivity contribution in [2.24, 2.45) is 0 Å². The molecule has 1 heterocycles. The Hall–Kier alpha value is -2.05. The number of allylic oxidation sites excluding steroid dienone is 2. The molecule has 63 heavy (non-hydrogen) atoms. The van der Waals surface area contributed by atoms with Crippen molar-refractivity contribution in [3.05, 3.63) is 12.2 Å². The van der Waals surface area contributed by atoms with E-state index in [1.165, 1.54) is 154 Å². The number of hydrogen-bond acceptors (Lipinski definition) is 10. The molecular weight excluding hydrogens is 801 g/mol. The van der Waals surface area contributed by atoms with Crippen molar-refractivity contribution in [2.75, 3.05) is 13.2 Å². The van der Waals surface area contributed by atoms with Gasteiger partial charge in [0, 0.05) is 12.8 Å². The number of carboxylic acids is 1. The Kier molecular flexibility index (Phi) is 39.9. The molecule has 1 aliphatic rings. The fourth-order valence-electron chi connectivity index (χ4n) is 8.23. The van der Waals surface area contributed by atoms with E-state index in [0.717, 1.165) is 57.8 Å². The summed E-state index contributed by atoms with van der Waals surface area (Å²) in [4.78, 5) is 36.9. The molecule has 0 aromatic heterocycles. The van der Waals surface area contributed by atoms with Crippen LogP contribution in [-0.2, 0) is 33.3 Å². The lowest BCUT2D eigenvalue weighted by atomic mass is 9.99. The number of unbranched alkanes of at least 4 members (excludes halogenated alkanes) is 32. The Balaban J connectivity index is 2.25. The van der Waals surface area contributed by atoms with E-state index in [2.05, 4.69) is 26.0 Å². The molecule has 0 aromatic rings. The summed E-state index contributed by atoms with van der Waals surface area (Å²) in [6.07, 6.45) is 38.4. The smallest absolute Gasteiger partial charge is 0.335 e. The van der Waals surface area contributed by atoms with Crippen molar-refractivity contribution >= 4 is 17.9 Å². The molecule has 0 bridgehead atoms. The van der Waals surface area contributed by atoms with Gasteiger partial charge in [0.15, 0.2) is 18.5 Å². The number of ether oxygens (including phenoxy) is 4. The first-order chi connectivity index (χ1) is 30.7. The lowest BCUT2D eigenvalue weighted by Gasteiger charge is -2.38. The maximum absolute atomic E-state index is 12.8. The fourth-order valence-corrected chi connectivity index (χ4v) is 8.23. The number of carbonyl (C=O) groups excluding carboxylic acids is 2. The van der Waals surface area contributed by atoms with Crippen LogP contribution in [0.5, 0.6) is 0 Å². The average molecular weight is 897 g/mol. The Labute approximate surface area is 384 Å². The number of aliphatic hydroxyl groups excluding tert-OH is 3. The molecule has 1 aliphatic heterocycles. The summed E-state index contributed by atoms with van der Waals surface area (Å²) >= 11 is 0. The number of aliphatic carboxylic acids is 1. The van der Waals surface area contributed by atoms with Crippen molar-refractivity contribution in [3.8, 4) is 0 Å². The molecule has 6 unspecified atom stereocenters. The highest BCUT2D eigenvalue weighted by atomic mass is 16.7. The zero-order valence-corrected chi connectivity index (χ0v) is 40.3. The third kappa shape index (κ3) is 34.0. The number of rotatable bonds is 45. The van der Waals surface area contributed by atoms with Gasteiger partial charge in [-0.2, -0.15) is 0 Å². The minimum Gasteiger partial charge on any atom is -0.479 e. The van der Waals surface area contributed by atoms with Crippen LogP contribution in [0.4, 0.5) is 0 Å². The summed E-state index contributed by atoms with van der Waals surface area (Å²) < 4.78 is 21.8. The van der Waals surface area contributed by atoms with Gasteiger partial charge in [-0.25, -0.2) is 4.79 Å². The molecule has 4 N–H and O–H groups in total. The van der Waals surface area contributed by atoms with Crippen LogP contribution in [0.25, 0.3) is 0 Å². The number of carbonyl (C=O) groups is 3. The highest BCUT2D eigenvalue weighted by Gasteiger charge is 2.47. The quantitative estimate of drug-likeness (QED) is 0.0261. The molecule has 0 aliphatic carbocycles. The Bertz CT molecular complexity index is 1100. The molecule has 1 fully saturated rings. The molecular formula is C52H96O11. The molecule has 0 aromatic carbocycles. The lowest BCUT2D eigenvalue weighted by Crippen LogP contribution is -2.60. The molecule has 6 atom stereocenters. The van der Waals surface area contributed by atoms with Crippen molar-refractivity contribution in [2.45, 2.75) is 288 Å². The van der Waals surface area contributed by atoms with Crippen LogP contribution in [0, 0.1) is 0 Å². The van der Waals surface area contributed by atoms with E-state index in [0.29, 0.717) is 12.8 Å². The topological polar surface area (TPSA) is 169 Å². The first kappa shape index (κ1) is 59.0. The third-order valence-electron chi connectivity index (χ3n) is 12.4. The van der Waals surface area contributed by atoms with Crippen molar-refractivity contribution in [1.82, 2.24) is 0 Å². The van der Waals surface area contributed by atoms with Gasteiger partial charge < -0.3 is 39.4 Å². The van der Waals surface area contributed by atoms with E-state index in [1.807, 2.05) is 0 Å². The summed E-state index contributed by atoms with van der Waals surface area (Å²) in [6.45, 7) is 3.84. The van der Waals surface area contributed by atoms with Gasteiger partial charge >= 0.3 is 17.9 Å². The van der Waals surface area contributed by atoms with Gasteiger partial charge in [0.1, 0.15) is 24.9 Å². The van der Waals surface area contributed by atoms with Crippen LogP contribution in [0.1, 0.15) is 251 Å². The molecule has 370 valence electrons. The first-order valence-electron chi connectivity index (χ1n) is 26.2. The minimum atomic E-state index is -1.86. The standard InChI is InChI=1S/C52H96O11/c1-3-5-7-9-11-13-15-17-19-20-21-22-23-24-25-26-27-29-31-33-35-37-39-41-46(54)62-44(43-61-52-49(57)47(55)48(56)50(63-52)51(58)59)42-60-45(53)40-38-36-34-32-30-28-18-16-14-12-10-8-6-4-2/h16,18,44,47-50,52,55-57H,3-15,17,19-43H2,1-2H3,(H,58,59)/b18-16-. The van der Waals surface area contributed by atoms with Gasteiger partial charge in [0.2, 0.25) is 0 Å². The summed E-state index contributed by atoms with van der Waals surface area (Å²) in [5.74, 6) is -2.44. The second-order valence-corrected chi connectivity index (χ2v) is 18.4. The predicted octanol–water partition coefficient (Wildman–Crippen LogP) is 12.4. The van der Waals surface area contributed by atoms with Gasteiger partial charge in [-0.3, -0.25) is 9.59 Å². The normalized spacial score (nSPS) is 19.4. The van der Waals surface area contributed by atoms with Gasteiger partial charge in [-0.05, 0) is 38.5 Å². The fraction of sp³-hybridized carbons (Fsp3) is 0.904. The molecule has 0 saturated carbocycles. The van der Waals surface area contributed by atoms with E-state index in [-0.39, 0.29) is 26.1 Å². The van der Waals surface area contributed by atoms with Gasteiger partial charge in [-0.15, -0.1) is 0 Å². The number of esters is 2. The van der Waals surface area contributed by atoms with E-state index in [9.17, 15) is 34.8 Å². The number of hydrogen-bond donors (Lipinski definition) is 4. The van der Waals surface area contributed by atoms with Crippen molar-refractivity contribution in [3.63, 3.8) is 0 Å². The molecule has 0 amide bonds. The van der Waals surface area contributed by atoms with E-state index in [1.54, 1.807) is 0 Å². The second kappa shape index (κ2) is 42.6. The van der Waals surface area contributed by atoms with Gasteiger partial charge in [-0.1, -0.05) is 212 Å². The molecule has 0 radical (unpaired) electrons. The van der Waals surface area contributed by atoms with Crippen LogP contribution >= 0.6 is 0 Å². The second-order valence-electron chi connectivity index (χ2n) is 18.4. The lowest BCUT2D eigenvalue weighted by molar-refractivity contribution is -0.298. The zero-order chi connectivity index (χ0) is 46.0. The molecule has 11 nitrogen and oxygen atoms in total. The third-order valence-corrected chi connectivity index (χ3v) is 12.4. The van der Waals surface area contributed by atoms with Crippen LogP contribution in [0.15, 0.2) is 12.2 Å². The maximum atomic E-state index is 12.8. The van der Waals surface area contributed by atoms with Crippen LogP contribution in [0.2, 0.25) is 0 Å². The minimum absolute atomic E-state index is 0.188.